The summed E-state index contributed by atoms with van der Waals surface area (Å²) in [6.45, 7) is 4.63. The summed E-state index contributed by atoms with van der Waals surface area (Å²) in [6.07, 6.45) is 2.98. The van der Waals surface area contributed by atoms with E-state index in [-0.39, 0.29) is 6.10 Å². The van der Waals surface area contributed by atoms with Gasteiger partial charge in [-0.3, -0.25) is 0 Å². The molecule has 3 aromatic rings. The molecule has 0 bridgehead atoms. The molecule has 0 aliphatic heterocycles. The van der Waals surface area contributed by atoms with Crippen molar-refractivity contribution in [3.8, 4) is 17.0 Å². The van der Waals surface area contributed by atoms with Crippen LogP contribution in [0.4, 0.5) is 0 Å². The first-order chi connectivity index (χ1) is 11.1. The van der Waals surface area contributed by atoms with Gasteiger partial charge in [-0.25, -0.2) is 4.98 Å². The first-order valence-electron chi connectivity index (χ1n) is 7.72. The Bertz CT molecular complexity index is 809. The van der Waals surface area contributed by atoms with E-state index in [4.69, 9.17) is 15.5 Å². The number of rotatable bonds is 5. The minimum Gasteiger partial charge on any atom is -0.491 e. The molecule has 2 aromatic heterocycles. The number of benzene rings is 1. The van der Waals surface area contributed by atoms with E-state index in [1.54, 1.807) is 0 Å². The molecule has 4 nitrogen and oxygen atoms in total. The highest BCUT2D eigenvalue weighted by Crippen LogP contribution is 2.28. The monoisotopic (exact) mass is 373 g/mol. The van der Waals surface area contributed by atoms with Crippen LogP contribution < -0.4 is 10.5 Å². The van der Waals surface area contributed by atoms with Crippen molar-refractivity contribution in [3.63, 3.8) is 0 Å². The van der Waals surface area contributed by atoms with Crippen molar-refractivity contribution in [2.24, 2.45) is 5.73 Å². The smallest absolute Gasteiger partial charge is 0.137 e. The second-order valence-corrected chi connectivity index (χ2v) is 6.63. The van der Waals surface area contributed by atoms with Gasteiger partial charge in [0, 0.05) is 22.7 Å². The van der Waals surface area contributed by atoms with E-state index in [1.807, 2.05) is 44.3 Å². The molecule has 0 spiro atoms. The third-order valence-corrected chi connectivity index (χ3v) is 4.03. The maximum absolute atomic E-state index is 5.80. The van der Waals surface area contributed by atoms with Crippen molar-refractivity contribution < 1.29 is 4.74 Å². The summed E-state index contributed by atoms with van der Waals surface area (Å²) in [5.41, 5.74) is 9.90. The molecule has 2 heterocycles. The van der Waals surface area contributed by atoms with Crippen LogP contribution in [0, 0.1) is 0 Å². The number of pyridine rings is 1. The number of imidazole rings is 1. The number of hydrogen-bond donors (Lipinski definition) is 1. The lowest BCUT2D eigenvalue weighted by molar-refractivity contribution is 0.242. The average molecular weight is 374 g/mol. The summed E-state index contributed by atoms with van der Waals surface area (Å²) in [5.74, 6) is 0.871. The lowest BCUT2D eigenvalue weighted by Gasteiger charge is -2.10. The summed E-state index contributed by atoms with van der Waals surface area (Å²) in [6, 6.07) is 12.1. The number of nitrogens with two attached hydrogens (primary N) is 1. The maximum Gasteiger partial charge on any atom is 0.137 e. The molecule has 3 rings (SSSR count). The molecule has 0 aliphatic rings. The van der Waals surface area contributed by atoms with E-state index in [0.717, 1.165) is 39.2 Å². The number of hydrogen-bond acceptors (Lipinski definition) is 3. The molecule has 0 fully saturated rings. The Kier molecular flexibility index (Phi) is 4.68. The van der Waals surface area contributed by atoms with Gasteiger partial charge in [-0.2, -0.15) is 0 Å². The average Bonchev–Trinajstić information content (AvgIpc) is 2.86. The zero-order valence-corrected chi connectivity index (χ0v) is 14.9. The van der Waals surface area contributed by atoms with Crippen molar-refractivity contribution in [3.05, 3.63) is 52.8 Å². The quantitative estimate of drug-likeness (QED) is 0.733. The Morgan fingerprint density at radius 1 is 1.17 bits per heavy atom. The van der Waals surface area contributed by atoms with Crippen molar-refractivity contribution in [2.45, 2.75) is 26.4 Å². The Morgan fingerprint density at radius 3 is 2.57 bits per heavy atom. The third kappa shape index (κ3) is 3.41. The van der Waals surface area contributed by atoms with Crippen molar-refractivity contribution in [1.82, 2.24) is 9.38 Å². The van der Waals surface area contributed by atoms with Gasteiger partial charge in [-0.05, 0) is 72.7 Å². The predicted molar refractivity (Wildman–Crippen MR) is 96.9 cm³/mol. The van der Waals surface area contributed by atoms with E-state index < -0.39 is 0 Å². The van der Waals surface area contributed by atoms with Gasteiger partial charge in [-0.1, -0.05) is 0 Å². The fourth-order valence-corrected chi connectivity index (χ4v) is 2.97. The zero-order valence-electron chi connectivity index (χ0n) is 13.3. The van der Waals surface area contributed by atoms with E-state index in [2.05, 4.69) is 32.5 Å². The minimum atomic E-state index is 0.168. The van der Waals surface area contributed by atoms with Gasteiger partial charge in [0.25, 0.3) is 0 Å². The van der Waals surface area contributed by atoms with Crippen LogP contribution in [0.25, 0.3) is 16.9 Å². The maximum atomic E-state index is 5.80. The van der Waals surface area contributed by atoms with Crippen molar-refractivity contribution in [1.29, 1.82) is 0 Å². The van der Waals surface area contributed by atoms with Gasteiger partial charge in [0.15, 0.2) is 0 Å². The Balaban J connectivity index is 2.06. The van der Waals surface area contributed by atoms with E-state index >= 15 is 0 Å². The van der Waals surface area contributed by atoms with Crippen LogP contribution in [-0.2, 0) is 6.42 Å². The molecule has 0 radical (unpaired) electrons. The van der Waals surface area contributed by atoms with Crippen LogP contribution in [0.2, 0.25) is 0 Å². The molecular formula is C18H20BrN3O. The Labute approximate surface area is 144 Å². The molecule has 0 aliphatic carbocycles. The highest BCUT2D eigenvalue weighted by molar-refractivity contribution is 9.10. The highest BCUT2D eigenvalue weighted by atomic mass is 79.9. The SMILES string of the molecule is CC(C)Oc1ccc(-c2nc3ccc(Br)cn3c2CCN)cc1. The number of nitrogens with zero attached hydrogens (tertiary/aromatic N) is 2. The highest BCUT2D eigenvalue weighted by Gasteiger charge is 2.14. The van der Waals surface area contributed by atoms with Crippen molar-refractivity contribution >= 4 is 21.6 Å². The number of fused-ring (bicyclic) bond motifs is 1. The molecule has 0 atom stereocenters. The molecular weight excluding hydrogens is 354 g/mol. The van der Waals surface area contributed by atoms with Gasteiger partial charge < -0.3 is 14.9 Å². The second-order valence-electron chi connectivity index (χ2n) is 5.71. The van der Waals surface area contributed by atoms with Gasteiger partial charge in [0.05, 0.1) is 17.5 Å². The first kappa shape index (κ1) is 16.0. The second kappa shape index (κ2) is 6.72. The summed E-state index contributed by atoms with van der Waals surface area (Å²) in [5, 5.41) is 0. The molecule has 1 aromatic carbocycles. The zero-order chi connectivity index (χ0) is 16.4. The topological polar surface area (TPSA) is 52.5 Å². The standard InChI is InChI=1S/C18H20BrN3O/c1-12(2)23-15-6-3-13(4-7-15)18-16(9-10-20)22-11-14(19)5-8-17(22)21-18/h3-8,11-12H,9-10,20H2,1-2H3. The largest absolute Gasteiger partial charge is 0.491 e. The molecule has 23 heavy (non-hydrogen) atoms. The summed E-state index contributed by atoms with van der Waals surface area (Å²) in [4.78, 5) is 4.78. The molecule has 0 saturated heterocycles. The summed E-state index contributed by atoms with van der Waals surface area (Å²) in [7, 11) is 0. The number of halogens is 1. The molecule has 0 amide bonds. The number of ether oxygens (including phenoxy) is 1. The Hall–Kier alpha value is -1.85. The minimum absolute atomic E-state index is 0.168. The van der Waals surface area contributed by atoms with Gasteiger partial charge in [-0.15, -0.1) is 0 Å². The van der Waals surface area contributed by atoms with E-state index in [0.29, 0.717) is 6.54 Å². The van der Waals surface area contributed by atoms with Crippen molar-refractivity contribution in [2.75, 3.05) is 6.54 Å². The van der Waals surface area contributed by atoms with Crippen LogP contribution in [0.5, 0.6) is 5.75 Å². The van der Waals surface area contributed by atoms with E-state index in [1.165, 1.54) is 0 Å². The Morgan fingerprint density at radius 2 is 1.91 bits per heavy atom. The van der Waals surface area contributed by atoms with Gasteiger partial charge in [0.2, 0.25) is 0 Å². The van der Waals surface area contributed by atoms with Crippen LogP contribution in [0.3, 0.4) is 0 Å². The molecule has 5 heteroatoms. The first-order valence-corrected chi connectivity index (χ1v) is 8.51. The fourth-order valence-electron chi connectivity index (χ4n) is 2.64. The number of aromatic nitrogens is 2. The van der Waals surface area contributed by atoms with Gasteiger partial charge in [0.1, 0.15) is 11.4 Å². The molecule has 0 unspecified atom stereocenters. The molecule has 2 N–H and O–H groups in total. The summed E-state index contributed by atoms with van der Waals surface area (Å²) < 4.78 is 8.83. The molecule has 0 saturated carbocycles. The van der Waals surface area contributed by atoms with Crippen LogP contribution in [-0.4, -0.2) is 22.0 Å². The summed E-state index contributed by atoms with van der Waals surface area (Å²) >= 11 is 3.52. The lowest BCUT2D eigenvalue weighted by Crippen LogP contribution is -2.06. The van der Waals surface area contributed by atoms with Gasteiger partial charge >= 0.3 is 0 Å². The normalized spacial score (nSPS) is 11.3. The molecule has 120 valence electrons. The van der Waals surface area contributed by atoms with Crippen LogP contribution >= 0.6 is 15.9 Å². The lowest BCUT2D eigenvalue weighted by atomic mass is 10.1. The van der Waals surface area contributed by atoms with E-state index in [9.17, 15) is 0 Å². The third-order valence-electron chi connectivity index (χ3n) is 3.56. The fraction of sp³-hybridized carbons (Fsp3) is 0.278. The predicted octanol–water partition coefficient (Wildman–Crippen LogP) is 4.05. The van der Waals surface area contributed by atoms with Crippen LogP contribution in [0.15, 0.2) is 47.1 Å². The van der Waals surface area contributed by atoms with Crippen LogP contribution in [0.1, 0.15) is 19.5 Å².